The number of hydrogen-bond acceptors (Lipinski definition) is 3. The Balaban J connectivity index is 1.58. The molecule has 0 bridgehead atoms. The van der Waals surface area contributed by atoms with Crippen molar-refractivity contribution in [3.8, 4) is 16.9 Å². The molecule has 1 aromatic heterocycles. The Hall–Kier alpha value is -2.53. The first-order valence-corrected chi connectivity index (χ1v) is 14.6. The number of halogens is 2. The van der Waals surface area contributed by atoms with Gasteiger partial charge in [-0.3, -0.25) is 9.36 Å². The van der Waals surface area contributed by atoms with Crippen molar-refractivity contribution in [1.82, 2.24) is 9.55 Å². The molecular formula is C31H28Cl2N2OS. The van der Waals surface area contributed by atoms with Crippen molar-refractivity contribution in [3.05, 3.63) is 109 Å². The Morgan fingerprint density at radius 1 is 0.973 bits per heavy atom. The van der Waals surface area contributed by atoms with Crippen LogP contribution in [0, 0.1) is 6.92 Å². The first kappa shape index (κ1) is 24.8. The number of hydrogen-bond donors (Lipinski definition) is 0. The van der Waals surface area contributed by atoms with E-state index in [0.717, 1.165) is 65.7 Å². The minimum Gasteiger partial charge on any atom is -0.268 e. The molecule has 2 aliphatic rings. The third kappa shape index (κ3) is 4.54. The van der Waals surface area contributed by atoms with Crippen LogP contribution in [0.1, 0.15) is 54.4 Å². The lowest BCUT2D eigenvalue weighted by molar-refractivity contribution is 0.283. The number of fused-ring (bicyclic) bond motifs is 4. The van der Waals surface area contributed by atoms with E-state index in [2.05, 4.69) is 43.3 Å². The van der Waals surface area contributed by atoms with E-state index in [0.29, 0.717) is 21.0 Å². The molecule has 0 saturated heterocycles. The molecule has 6 heteroatoms. The summed E-state index contributed by atoms with van der Waals surface area (Å²) in [5.74, 6) is 0.583. The van der Waals surface area contributed by atoms with E-state index >= 15 is 0 Å². The van der Waals surface area contributed by atoms with Crippen LogP contribution in [0.5, 0.6) is 0 Å². The van der Waals surface area contributed by atoms with Gasteiger partial charge in [-0.25, -0.2) is 4.98 Å². The van der Waals surface area contributed by atoms with Crippen LogP contribution >= 0.6 is 35.0 Å². The van der Waals surface area contributed by atoms with E-state index in [-0.39, 0.29) is 11.0 Å². The molecule has 0 N–H and O–H groups in total. The number of thioether (sulfide) groups is 1. The number of rotatable bonds is 4. The number of nitrogens with zero attached hydrogens (tertiary/aromatic N) is 2. The lowest BCUT2D eigenvalue weighted by Gasteiger charge is -2.42. The summed E-state index contributed by atoms with van der Waals surface area (Å²) in [4.78, 5) is 19.9. The highest BCUT2D eigenvalue weighted by Crippen LogP contribution is 2.49. The quantitative estimate of drug-likeness (QED) is 0.190. The molecule has 37 heavy (non-hydrogen) atoms. The van der Waals surface area contributed by atoms with Crippen LogP contribution in [0.2, 0.25) is 10.0 Å². The van der Waals surface area contributed by atoms with Crippen molar-refractivity contribution < 1.29 is 0 Å². The topological polar surface area (TPSA) is 34.9 Å². The van der Waals surface area contributed by atoms with Crippen LogP contribution < -0.4 is 5.56 Å². The molecule has 0 amide bonds. The van der Waals surface area contributed by atoms with E-state index in [1.165, 1.54) is 12.0 Å². The molecule has 1 spiro atoms. The van der Waals surface area contributed by atoms with Gasteiger partial charge in [0.05, 0.1) is 16.9 Å². The zero-order chi connectivity index (χ0) is 25.6. The summed E-state index contributed by atoms with van der Waals surface area (Å²) in [6.45, 7) is 2.06. The van der Waals surface area contributed by atoms with Crippen molar-refractivity contribution in [2.45, 2.75) is 61.8 Å². The monoisotopic (exact) mass is 546 g/mol. The maximum atomic E-state index is 14.6. The maximum absolute atomic E-state index is 14.6. The molecule has 6 rings (SSSR count). The van der Waals surface area contributed by atoms with Crippen molar-refractivity contribution >= 4 is 35.0 Å². The van der Waals surface area contributed by atoms with Gasteiger partial charge in [0.15, 0.2) is 5.16 Å². The number of aromatic nitrogens is 2. The Bertz CT molecular complexity index is 1560. The second kappa shape index (κ2) is 9.98. The first-order chi connectivity index (χ1) is 17.9. The Morgan fingerprint density at radius 3 is 2.57 bits per heavy atom. The Morgan fingerprint density at radius 2 is 1.78 bits per heavy atom. The molecule has 1 heterocycles. The predicted octanol–water partition coefficient (Wildman–Crippen LogP) is 8.57. The van der Waals surface area contributed by atoms with Gasteiger partial charge in [0, 0.05) is 26.8 Å². The predicted molar refractivity (Wildman–Crippen MR) is 154 cm³/mol. The van der Waals surface area contributed by atoms with Gasteiger partial charge in [-0.2, -0.15) is 0 Å². The number of benzene rings is 3. The van der Waals surface area contributed by atoms with Gasteiger partial charge in [0.2, 0.25) is 0 Å². The SMILES string of the molecule is Cc1cccc(-n2c(SCc3ccc(Cl)cc3Cl)nc3c(c2=O)C2(CCCCC2)Cc2ccccc2-3)c1. The van der Waals surface area contributed by atoms with Crippen molar-refractivity contribution in [2.24, 2.45) is 0 Å². The average molecular weight is 548 g/mol. The molecule has 0 radical (unpaired) electrons. The van der Waals surface area contributed by atoms with Gasteiger partial charge in [0.1, 0.15) is 0 Å². The van der Waals surface area contributed by atoms with Gasteiger partial charge < -0.3 is 0 Å². The second-order valence-electron chi connectivity index (χ2n) is 10.3. The molecular weight excluding hydrogens is 519 g/mol. The van der Waals surface area contributed by atoms with E-state index in [1.54, 1.807) is 17.8 Å². The van der Waals surface area contributed by atoms with E-state index in [1.807, 2.05) is 28.8 Å². The standard InChI is InChI=1S/C31H28Cl2N2OS/c1-20-8-7-10-24(16-20)35-29(36)27-28(34-30(35)37-19-22-12-13-23(32)17-26(22)33)25-11-4-3-9-21(25)18-31(27)14-5-2-6-15-31/h3-4,7-13,16-17H,2,5-6,14-15,18-19H2,1H3. The molecule has 4 aromatic rings. The summed E-state index contributed by atoms with van der Waals surface area (Å²) in [6.07, 6.45) is 6.51. The minimum absolute atomic E-state index is 0.0664. The average Bonchev–Trinajstić information content (AvgIpc) is 2.88. The fraction of sp³-hybridized carbons (Fsp3) is 0.290. The van der Waals surface area contributed by atoms with Crippen LogP contribution in [0.25, 0.3) is 16.9 Å². The van der Waals surface area contributed by atoms with Crippen LogP contribution in [-0.2, 0) is 17.6 Å². The molecule has 0 atom stereocenters. The maximum Gasteiger partial charge on any atom is 0.263 e. The fourth-order valence-corrected chi connectivity index (χ4v) is 7.62. The summed E-state index contributed by atoms with van der Waals surface area (Å²) in [5, 5.41) is 1.91. The second-order valence-corrected chi connectivity index (χ2v) is 12.1. The summed E-state index contributed by atoms with van der Waals surface area (Å²) in [6, 6.07) is 22.2. The smallest absolute Gasteiger partial charge is 0.263 e. The molecule has 2 aliphatic carbocycles. The highest BCUT2D eigenvalue weighted by atomic mass is 35.5. The van der Waals surface area contributed by atoms with Gasteiger partial charge in [0.25, 0.3) is 5.56 Å². The summed E-state index contributed by atoms with van der Waals surface area (Å²) < 4.78 is 1.84. The van der Waals surface area contributed by atoms with E-state index in [9.17, 15) is 4.79 Å². The summed E-state index contributed by atoms with van der Waals surface area (Å²) in [5.41, 5.74) is 7.00. The fourth-order valence-electron chi connectivity index (χ4n) is 6.06. The zero-order valence-electron chi connectivity index (χ0n) is 20.8. The van der Waals surface area contributed by atoms with E-state index in [4.69, 9.17) is 28.2 Å². The van der Waals surface area contributed by atoms with Crippen LogP contribution in [0.4, 0.5) is 0 Å². The lowest BCUT2D eigenvalue weighted by atomic mass is 9.62. The van der Waals surface area contributed by atoms with Crippen molar-refractivity contribution in [3.63, 3.8) is 0 Å². The number of aryl methyl sites for hydroxylation is 1. The Kier molecular flexibility index (Phi) is 6.68. The highest BCUT2D eigenvalue weighted by molar-refractivity contribution is 7.98. The third-order valence-electron chi connectivity index (χ3n) is 7.83. The van der Waals surface area contributed by atoms with Crippen LogP contribution in [-0.4, -0.2) is 9.55 Å². The van der Waals surface area contributed by atoms with Gasteiger partial charge in [-0.15, -0.1) is 0 Å². The molecule has 3 aromatic carbocycles. The van der Waals surface area contributed by atoms with Gasteiger partial charge >= 0.3 is 0 Å². The molecule has 0 aliphatic heterocycles. The third-order valence-corrected chi connectivity index (χ3v) is 9.40. The van der Waals surface area contributed by atoms with Gasteiger partial charge in [-0.1, -0.05) is 96.7 Å². The largest absolute Gasteiger partial charge is 0.268 e. The zero-order valence-corrected chi connectivity index (χ0v) is 23.1. The minimum atomic E-state index is -0.153. The lowest BCUT2D eigenvalue weighted by Crippen LogP contribution is -2.42. The first-order valence-electron chi connectivity index (χ1n) is 12.8. The van der Waals surface area contributed by atoms with Crippen LogP contribution in [0.15, 0.2) is 76.7 Å². The molecule has 1 fully saturated rings. The summed E-state index contributed by atoms with van der Waals surface area (Å²) >= 11 is 14.2. The van der Waals surface area contributed by atoms with E-state index < -0.39 is 0 Å². The molecule has 1 saturated carbocycles. The summed E-state index contributed by atoms with van der Waals surface area (Å²) in [7, 11) is 0. The van der Waals surface area contributed by atoms with Gasteiger partial charge in [-0.05, 0) is 67.1 Å². The van der Waals surface area contributed by atoms with Crippen molar-refractivity contribution in [1.29, 1.82) is 0 Å². The molecule has 188 valence electrons. The highest BCUT2D eigenvalue weighted by Gasteiger charge is 2.43. The van der Waals surface area contributed by atoms with Crippen LogP contribution in [0.3, 0.4) is 0 Å². The Labute approximate surface area is 231 Å². The molecule has 0 unspecified atom stereocenters. The molecule has 3 nitrogen and oxygen atoms in total. The van der Waals surface area contributed by atoms with Crippen molar-refractivity contribution in [2.75, 3.05) is 0 Å². The normalized spacial score (nSPS) is 15.9.